The molecule has 1 aromatic heterocycles. The molecule has 0 saturated carbocycles. The van der Waals surface area contributed by atoms with Crippen LogP contribution in [0.25, 0.3) is 0 Å². The Labute approximate surface area is 153 Å². The predicted octanol–water partition coefficient (Wildman–Crippen LogP) is 1.87. The first-order valence-electron chi connectivity index (χ1n) is 9.22. The van der Waals surface area contributed by atoms with Crippen LogP contribution in [0, 0.1) is 0 Å². The van der Waals surface area contributed by atoms with Crippen LogP contribution in [0.2, 0.25) is 0 Å². The van der Waals surface area contributed by atoms with Crippen molar-refractivity contribution in [1.29, 1.82) is 0 Å². The molecule has 26 heavy (non-hydrogen) atoms. The van der Waals surface area contributed by atoms with Crippen molar-refractivity contribution in [2.45, 2.75) is 65.3 Å². The summed E-state index contributed by atoms with van der Waals surface area (Å²) in [7, 11) is 0. The monoisotopic (exact) mass is 358 g/mol. The molecule has 0 unspecified atom stereocenters. The second-order valence-electron chi connectivity index (χ2n) is 6.91. The summed E-state index contributed by atoms with van der Waals surface area (Å²) in [6.45, 7) is 5.01. The van der Waals surface area contributed by atoms with Gasteiger partial charge in [-0.25, -0.2) is 9.48 Å². The van der Waals surface area contributed by atoms with Gasteiger partial charge in [-0.2, -0.15) is 5.10 Å². The molecule has 7 nitrogen and oxygen atoms in total. The highest BCUT2D eigenvalue weighted by Crippen LogP contribution is 2.14. The molecule has 3 rings (SSSR count). The quantitative estimate of drug-likeness (QED) is 0.855. The van der Waals surface area contributed by atoms with Crippen LogP contribution < -0.4 is 15.7 Å². The van der Waals surface area contributed by atoms with Crippen LogP contribution in [0.5, 0.6) is 5.75 Å². The minimum absolute atomic E-state index is 0.0482. The van der Waals surface area contributed by atoms with Crippen molar-refractivity contribution in [3.63, 3.8) is 0 Å². The lowest BCUT2D eigenvalue weighted by molar-refractivity contribution is -0.122. The van der Waals surface area contributed by atoms with E-state index in [1.54, 1.807) is 4.57 Å². The highest BCUT2D eigenvalue weighted by molar-refractivity contribution is 5.75. The Morgan fingerprint density at radius 2 is 2.00 bits per heavy atom. The smallest absolute Gasteiger partial charge is 0.346 e. The Hall–Kier alpha value is -2.57. The number of ether oxygens (including phenoxy) is 1. The Morgan fingerprint density at radius 3 is 2.73 bits per heavy atom. The number of hydrogen-bond acceptors (Lipinski definition) is 4. The summed E-state index contributed by atoms with van der Waals surface area (Å²) in [6, 6.07) is 7.61. The molecular weight excluding hydrogens is 332 g/mol. The minimum Gasteiger partial charge on any atom is -0.491 e. The summed E-state index contributed by atoms with van der Waals surface area (Å²) in [4.78, 5) is 24.6. The molecule has 0 aliphatic carbocycles. The maximum atomic E-state index is 12.4. The molecule has 1 aromatic carbocycles. The highest BCUT2D eigenvalue weighted by atomic mass is 16.5. The van der Waals surface area contributed by atoms with Gasteiger partial charge in [-0.1, -0.05) is 18.6 Å². The third kappa shape index (κ3) is 4.53. The molecule has 2 heterocycles. The number of carbonyl (C=O) groups excluding carboxylic acids is 1. The predicted molar refractivity (Wildman–Crippen MR) is 98.1 cm³/mol. The zero-order chi connectivity index (χ0) is 18.5. The molecule has 0 bridgehead atoms. The van der Waals surface area contributed by atoms with Crippen LogP contribution in [0.4, 0.5) is 0 Å². The van der Waals surface area contributed by atoms with Gasteiger partial charge < -0.3 is 10.1 Å². The fraction of sp³-hybridized carbons (Fsp3) is 0.526. The first-order chi connectivity index (χ1) is 12.5. The summed E-state index contributed by atoms with van der Waals surface area (Å²) in [5, 5.41) is 7.17. The average Bonchev–Trinajstić information content (AvgIpc) is 2.77. The van der Waals surface area contributed by atoms with Crippen LogP contribution in [0.15, 0.2) is 29.1 Å². The lowest BCUT2D eigenvalue weighted by Gasteiger charge is -2.10. The molecule has 0 saturated heterocycles. The maximum absolute atomic E-state index is 12.4. The van der Waals surface area contributed by atoms with Gasteiger partial charge in [0.25, 0.3) is 0 Å². The van der Waals surface area contributed by atoms with Crippen molar-refractivity contribution >= 4 is 5.91 Å². The first kappa shape index (κ1) is 18.2. The zero-order valence-corrected chi connectivity index (χ0v) is 15.4. The fourth-order valence-electron chi connectivity index (χ4n) is 3.08. The van der Waals surface area contributed by atoms with Gasteiger partial charge in [0.05, 0.1) is 6.10 Å². The van der Waals surface area contributed by atoms with E-state index in [0.29, 0.717) is 13.1 Å². The van der Waals surface area contributed by atoms with Gasteiger partial charge in [-0.05, 0) is 44.4 Å². The van der Waals surface area contributed by atoms with Crippen molar-refractivity contribution < 1.29 is 9.53 Å². The number of fused-ring (bicyclic) bond motifs is 1. The topological polar surface area (TPSA) is 78.2 Å². The molecule has 1 aliphatic rings. The number of carbonyl (C=O) groups is 1. The van der Waals surface area contributed by atoms with Gasteiger partial charge in [0.15, 0.2) is 0 Å². The first-order valence-corrected chi connectivity index (χ1v) is 9.22. The zero-order valence-electron chi connectivity index (χ0n) is 15.4. The van der Waals surface area contributed by atoms with E-state index in [4.69, 9.17) is 4.74 Å². The van der Waals surface area contributed by atoms with Gasteiger partial charge >= 0.3 is 5.69 Å². The van der Waals surface area contributed by atoms with Gasteiger partial charge in [-0.15, -0.1) is 0 Å². The van der Waals surface area contributed by atoms with Gasteiger partial charge in [-0.3, -0.25) is 9.36 Å². The maximum Gasteiger partial charge on any atom is 0.346 e. The third-order valence-corrected chi connectivity index (χ3v) is 4.36. The molecule has 2 aromatic rings. The fourth-order valence-corrected chi connectivity index (χ4v) is 3.08. The van der Waals surface area contributed by atoms with E-state index in [0.717, 1.165) is 42.8 Å². The summed E-state index contributed by atoms with van der Waals surface area (Å²) in [5.41, 5.74) is 0.787. The number of nitrogens with zero attached hydrogens (tertiary/aromatic N) is 3. The molecule has 1 amide bonds. The van der Waals surface area contributed by atoms with Crippen LogP contribution >= 0.6 is 0 Å². The largest absolute Gasteiger partial charge is 0.491 e. The lowest BCUT2D eigenvalue weighted by atomic mass is 10.2. The normalized spacial score (nSPS) is 14.0. The molecule has 1 N–H and O–H groups in total. The van der Waals surface area contributed by atoms with Crippen molar-refractivity contribution in [2.24, 2.45) is 0 Å². The van der Waals surface area contributed by atoms with Crippen LogP contribution in [-0.4, -0.2) is 26.4 Å². The third-order valence-electron chi connectivity index (χ3n) is 4.36. The molecule has 140 valence electrons. The van der Waals surface area contributed by atoms with E-state index in [2.05, 4.69) is 10.4 Å². The number of amides is 1. The minimum atomic E-state index is -0.220. The number of aromatic nitrogens is 3. The Balaban J connectivity index is 1.55. The SMILES string of the molecule is CC(C)Oc1ccc(CNC(=O)Cn2nc3n(c2=O)CCCCC3)cc1. The van der Waals surface area contributed by atoms with Gasteiger partial charge in [0.1, 0.15) is 18.1 Å². The summed E-state index contributed by atoms with van der Waals surface area (Å²) < 4.78 is 8.58. The highest BCUT2D eigenvalue weighted by Gasteiger charge is 2.17. The van der Waals surface area contributed by atoms with E-state index < -0.39 is 0 Å². The summed E-state index contributed by atoms with van der Waals surface area (Å²) in [6.07, 6.45) is 4.07. The van der Waals surface area contributed by atoms with Crippen molar-refractivity contribution in [3.8, 4) is 5.75 Å². The van der Waals surface area contributed by atoms with E-state index in [-0.39, 0.29) is 24.2 Å². The molecule has 0 fully saturated rings. The summed E-state index contributed by atoms with van der Waals surface area (Å²) >= 11 is 0. The van der Waals surface area contributed by atoms with Crippen molar-refractivity contribution in [3.05, 3.63) is 46.1 Å². The standard InChI is InChI=1S/C19H26N4O3/c1-14(2)26-16-9-7-15(8-10-16)12-20-18(24)13-23-19(25)22-11-5-3-4-6-17(22)21-23/h7-10,14H,3-6,11-13H2,1-2H3,(H,20,24). The van der Waals surface area contributed by atoms with E-state index in [1.807, 2.05) is 38.1 Å². The lowest BCUT2D eigenvalue weighted by Crippen LogP contribution is -2.33. The molecule has 1 aliphatic heterocycles. The van der Waals surface area contributed by atoms with E-state index >= 15 is 0 Å². The van der Waals surface area contributed by atoms with Gasteiger partial charge in [0, 0.05) is 19.5 Å². The number of aryl methyl sites for hydroxylation is 1. The Bertz CT molecular complexity index is 805. The van der Waals surface area contributed by atoms with Crippen molar-refractivity contribution in [1.82, 2.24) is 19.7 Å². The molecule has 0 atom stereocenters. The molecule has 7 heteroatoms. The van der Waals surface area contributed by atoms with Crippen LogP contribution in [0.1, 0.15) is 44.5 Å². The van der Waals surface area contributed by atoms with Crippen LogP contribution in [0.3, 0.4) is 0 Å². The average molecular weight is 358 g/mol. The Morgan fingerprint density at radius 1 is 1.23 bits per heavy atom. The van der Waals surface area contributed by atoms with Crippen LogP contribution in [-0.2, 0) is 30.8 Å². The Kier molecular flexibility index (Phi) is 5.75. The second kappa shape index (κ2) is 8.21. The molecule has 0 radical (unpaired) electrons. The number of rotatable bonds is 6. The number of hydrogen-bond donors (Lipinski definition) is 1. The van der Waals surface area contributed by atoms with E-state index in [9.17, 15) is 9.59 Å². The molecule has 0 spiro atoms. The summed E-state index contributed by atoms with van der Waals surface area (Å²) in [5.74, 6) is 1.38. The van der Waals surface area contributed by atoms with Crippen molar-refractivity contribution in [2.75, 3.05) is 0 Å². The van der Waals surface area contributed by atoms with E-state index in [1.165, 1.54) is 4.68 Å². The number of benzene rings is 1. The molecular formula is C19H26N4O3. The van der Waals surface area contributed by atoms with Gasteiger partial charge in [0.2, 0.25) is 5.91 Å². The number of nitrogens with one attached hydrogen (secondary N) is 1. The second-order valence-corrected chi connectivity index (χ2v) is 6.91.